The van der Waals surface area contributed by atoms with E-state index in [1.807, 2.05) is 4.90 Å². The molecule has 2 atom stereocenters. The zero-order valence-corrected chi connectivity index (χ0v) is 12.6. The van der Waals surface area contributed by atoms with Crippen LogP contribution in [0.25, 0.3) is 0 Å². The van der Waals surface area contributed by atoms with Gasteiger partial charge >= 0.3 is 12.0 Å². The van der Waals surface area contributed by atoms with Crippen LogP contribution in [-0.2, 0) is 4.79 Å². The van der Waals surface area contributed by atoms with Gasteiger partial charge in [0.1, 0.15) is 5.82 Å². The van der Waals surface area contributed by atoms with Crippen molar-refractivity contribution in [1.82, 2.24) is 14.3 Å². The van der Waals surface area contributed by atoms with Crippen molar-refractivity contribution < 1.29 is 14.7 Å². The maximum absolute atomic E-state index is 12.4. The SMILES string of the molecule is Cc1nsc(NC(=O)N2C3CCC2CC(CC(=O)O)C3)n1. The molecule has 2 unspecified atom stereocenters. The fourth-order valence-electron chi connectivity index (χ4n) is 3.54. The number of carboxylic acid groups (broad SMARTS) is 1. The Morgan fingerprint density at radius 3 is 2.57 bits per heavy atom. The van der Waals surface area contributed by atoms with Crippen LogP contribution in [0.3, 0.4) is 0 Å². The number of hydrogen-bond acceptors (Lipinski definition) is 5. The van der Waals surface area contributed by atoms with Gasteiger partial charge in [-0.2, -0.15) is 4.37 Å². The predicted octanol–water partition coefficient (Wildman–Crippen LogP) is 2.10. The molecule has 3 rings (SSSR count). The highest BCUT2D eigenvalue weighted by atomic mass is 32.1. The van der Waals surface area contributed by atoms with Gasteiger partial charge in [-0.05, 0) is 38.5 Å². The van der Waals surface area contributed by atoms with Gasteiger partial charge in [-0.15, -0.1) is 0 Å². The smallest absolute Gasteiger partial charge is 0.324 e. The summed E-state index contributed by atoms with van der Waals surface area (Å²) in [4.78, 5) is 29.3. The summed E-state index contributed by atoms with van der Waals surface area (Å²) >= 11 is 1.18. The number of nitrogens with zero attached hydrogens (tertiary/aromatic N) is 3. The lowest BCUT2D eigenvalue weighted by atomic mass is 9.88. The summed E-state index contributed by atoms with van der Waals surface area (Å²) in [6.07, 6.45) is 3.70. The van der Waals surface area contributed by atoms with Crippen LogP contribution in [0.4, 0.5) is 9.93 Å². The van der Waals surface area contributed by atoms with Gasteiger partial charge in [0.05, 0.1) is 0 Å². The first-order chi connectivity index (χ1) is 10.0. The topological polar surface area (TPSA) is 95.4 Å². The third-order valence-corrected chi connectivity index (χ3v) is 4.99. The second-order valence-electron chi connectivity index (χ2n) is 5.80. The lowest BCUT2D eigenvalue weighted by Crippen LogP contribution is -2.48. The number of aromatic nitrogens is 2. The summed E-state index contributed by atoms with van der Waals surface area (Å²) in [6, 6.07) is 0.177. The molecule has 0 aliphatic carbocycles. The number of nitrogens with one attached hydrogen (secondary N) is 1. The van der Waals surface area contributed by atoms with Crippen LogP contribution in [0.2, 0.25) is 0 Å². The number of hydrogen-bond donors (Lipinski definition) is 2. The van der Waals surface area contributed by atoms with E-state index in [9.17, 15) is 9.59 Å². The molecule has 7 nitrogen and oxygen atoms in total. The number of carboxylic acids is 1. The largest absolute Gasteiger partial charge is 0.481 e. The van der Waals surface area contributed by atoms with Crippen LogP contribution in [0.5, 0.6) is 0 Å². The second kappa shape index (κ2) is 5.59. The Labute approximate surface area is 126 Å². The molecule has 3 heterocycles. The summed E-state index contributed by atoms with van der Waals surface area (Å²) in [6.45, 7) is 1.78. The van der Waals surface area contributed by atoms with E-state index < -0.39 is 5.97 Å². The third kappa shape index (κ3) is 2.99. The summed E-state index contributed by atoms with van der Waals surface area (Å²) in [5.74, 6) is 0.0906. The number of carbonyl (C=O) groups is 2. The van der Waals surface area contributed by atoms with Crippen molar-refractivity contribution in [2.24, 2.45) is 5.92 Å². The molecule has 2 aliphatic heterocycles. The minimum atomic E-state index is -0.748. The highest BCUT2D eigenvalue weighted by Gasteiger charge is 2.43. The highest BCUT2D eigenvalue weighted by Crippen LogP contribution is 2.40. The van der Waals surface area contributed by atoms with E-state index >= 15 is 0 Å². The molecule has 2 aliphatic rings. The molecule has 1 aromatic rings. The first-order valence-electron chi connectivity index (χ1n) is 7.14. The lowest BCUT2D eigenvalue weighted by Gasteiger charge is -2.38. The first-order valence-corrected chi connectivity index (χ1v) is 7.91. The van der Waals surface area contributed by atoms with Gasteiger partial charge in [-0.3, -0.25) is 10.1 Å². The van der Waals surface area contributed by atoms with E-state index in [4.69, 9.17) is 5.11 Å². The standard InChI is InChI=1S/C13H18N4O3S/c1-7-14-12(21-16-7)15-13(20)17-9-2-3-10(17)5-8(4-9)6-11(18)19/h8-10H,2-6H2,1H3,(H,18,19)(H,14,15,16,20). The number of fused-ring (bicyclic) bond motifs is 2. The number of aliphatic carboxylic acids is 1. The molecule has 0 spiro atoms. The average molecular weight is 310 g/mol. The molecule has 2 bridgehead atoms. The summed E-state index contributed by atoms with van der Waals surface area (Å²) < 4.78 is 4.05. The second-order valence-corrected chi connectivity index (χ2v) is 6.56. The lowest BCUT2D eigenvalue weighted by molar-refractivity contribution is -0.138. The van der Waals surface area contributed by atoms with E-state index in [-0.39, 0.29) is 30.5 Å². The quantitative estimate of drug-likeness (QED) is 0.891. The van der Waals surface area contributed by atoms with Crippen molar-refractivity contribution in [3.8, 4) is 0 Å². The number of urea groups is 1. The maximum Gasteiger partial charge on any atom is 0.324 e. The Morgan fingerprint density at radius 1 is 1.38 bits per heavy atom. The van der Waals surface area contributed by atoms with Gasteiger partial charge in [0.25, 0.3) is 0 Å². The molecule has 2 fully saturated rings. The minimum absolute atomic E-state index is 0.132. The molecule has 2 amide bonds. The Kier molecular flexibility index (Phi) is 3.79. The van der Waals surface area contributed by atoms with E-state index in [1.165, 1.54) is 11.5 Å². The van der Waals surface area contributed by atoms with Crippen molar-refractivity contribution in [1.29, 1.82) is 0 Å². The van der Waals surface area contributed by atoms with Crippen molar-refractivity contribution >= 4 is 28.7 Å². The molecule has 0 radical (unpaired) electrons. The Morgan fingerprint density at radius 2 is 2.05 bits per heavy atom. The van der Waals surface area contributed by atoms with Gasteiger partial charge in [0.15, 0.2) is 0 Å². The fourth-order valence-corrected chi connectivity index (χ4v) is 4.10. The number of piperidine rings is 1. The molecule has 8 heteroatoms. The first kappa shape index (κ1) is 14.2. The Bertz CT molecular complexity index is 547. The average Bonchev–Trinajstić information content (AvgIpc) is 2.91. The minimum Gasteiger partial charge on any atom is -0.481 e. The van der Waals surface area contributed by atoms with Crippen LogP contribution < -0.4 is 5.32 Å². The number of aryl methyl sites for hydroxylation is 1. The van der Waals surface area contributed by atoms with E-state index in [0.29, 0.717) is 11.0 Å². The van der Waals surface area contributed by atoms with Crippen LogP contribution in [0.1, 0.15) is 37.9 Å². The fraction of sp³-hybridized carbons (Fsp3) is 0.692. The third-order valence-electron chi connectivity index (χ3n) is 4.27. The molecule has 2 saturated heterocycles. The van der Waals surface area contributed by atoms with Crippen LogP contribution in [-0.4, -0.2) is 43.4 Å². The number of amides is 2. The van der Waals surface area contributed by atoms with Crippen molar-refractivity contribution in [3.63, 3.8) is 0 Å². The molecular formula is C13H18N4O3S. The highest BCUT2D eigenvalue weighted by molar-refractivity contribution is 7.09. The molecule has 114 valence electrons. The zero-order valence-electron chi connectivity index (χ0n) is 11.8. The van der Waals surface area contributed by atoms with Crippen LogP contribution >= 0.6 is 11.5 Å². The number of rotatable bonds is 3. The van der Waals surface area contributed by atoms with Gasteiger partial charge in [-0.25, -0.2) is 9.78 Å². The van der Waals surface area contributed by atoms with Crippen LogP contribution in [0.15, 0.2) is 0 Å². The zero-order chi connectivity index (χ0) is 15.0. The van der Waals surface area contributed by atoms with E-state index in [2.05, 4.69) is 14.7 Å². The monoisotopic (exact) mass is 310 g/mol. The number of anilines is 1. The normalized spacial score (nSPS) is 27.7. The van der Waals surface area contributed by atoms with Gasteiger partial charge in [-0.1, -0.05) is 0 Å². The maximum atomic E-state index is 12.4. The predicted molar refractivity (Wildman–Crippen MR) is 77.3 cm³/mol. The van der Waals surface area contributed by atoms with E-state index in [1.54, 1.807) is 6.92 Å². The van der Waals surface area contributed by atoms with Crippen LogP contribution in [0, 0.1) is 12.8 Å². The van der Waals surface area contributed by atoms with Gasteiger partial charge in [0.2, 0.25) is 5.13 Å². The Hall–Kier alpha value is -1.70. The Balaban J connectivity index is 1.64. The molecule has 21 heavy (non-hydrogen) atoms. The molecule has 0 aromatic carbocycles. The van der Waals surface area contributed by atoms with Gasteiger partial charge in [0, 0.05) is 30.0 Å². The van der Waals surface area contributed by atoms with Crippen molar-refractivity contribution in [2.45, 2.75) is 51.1 Å². The summed E-state index contributed by atoms with van der Waals surface area (Å²) in [5, 5.41) is 12.2. The van der Waals surface area contributed by atoms with Crippen molar-refractivity contribution in [3.05, 3.63) is 5.82 Å². The summed E-state index contributed by atoms with van der Waals surface area (Å²) in [5.41, 5.74) is 0. The molecule has 1 aromatic heterocycles. The molecule has 2 N–H and O–H groups in total. The summed E-state index contributed by atoms with van der Waals surface area (Å²) in [7, 11) is 0. The number of carbonyl (C=O) groups excluding carboxylic acids is 1. The van der Waals surface area contributed by atoms with Gasteiger partial charge < -0.3 is 10.0 Å². The molecular weight excluding hydrogens is 292 g/mol. The van der Waals surface area contributed by atoms with Crippen molar-refractivity contribution in [2.75, 3.05) is 5.32 Å². The molecule has 0 saturated carbocycles. The van der Waals surface area contributed by atoms with E-state index in [0.717, 1.165) is 25.7 Å².